The van der Waals surface area contributed by atoms with Crippen molar-refractivity contribution in [2.24, 2.45) is 5.92 Å². The summed E-state index contributed by atoms with van der Waals surface area (Å²) in [6.07, 6.45) is -6.16. The van der Waals surface area contributed by atoms with Crippen molar-refractivity contribution in [3.63, 3.8) is 0 Å². The third kappa shape index (κ3) is 3.60. The smallest absolute Gasteiger partial charge is 0.417 e. The summed E-state index contributed by atoms with van der Waals surface area (Å²) in [5.74, 6) is -2.30. The van der Waals surface area contributed by atoms with E-state index in [1.807, 2.05) is 0 Å². The summed E-state index contributed by atoms with van der Waals surface area (Å²) in [5, 5.41) is 7.88. The molecule has 1 saturated carbocycles. The largest absolute Gasteiger partial charge is 0.481 e. The highest BCUT2D eigenvalue weighted by molar-refractivity contribution is 9.10. The molecule has 10 heteroatoms. The van der Waals surface area contributed by atoms with Crippen molar-refractivity contribution in [1.29, 1.82) is 0 Å². The number of halogens is 4. The van der Waals surface area contributed by atoms with Gasteiger partial charge in [-0.05, 0) is 31.0 Å². The van der Waals surface area contributed by atoms with Gasteiger partial charge in [0, 0.05) is 11.6 Å². The Balaban J connectivity index is 2.48. The molecule has 1 fully saturated rings. The molecule has 2 rings (SSSR count). The van der Waals surface area contributed by atoms with E-state index in [9.17, 15) is 26.4 Å². The van der Waals surface area contributed by atoms with Crippen LogP contribution in [0.4, 0.5) is 13.2 Å². The van der Waals surface area contributed by atoms with Crippen molar-refractivity contribution in [3.8, 4) is 0 Å². The first-order valence-corrected chi connectivity index (χ1v) is 9.18. The van der Waals surface area contributed by atoms with Crippen molar-refractivity contribution in [2.45, 2.75) is 35.3 Å². The number of aliphatic carboxylic acids is 1. The maximum absolute atomic E-state index is 13.2. The van der Waals surface area contributed by atoms with Gasteiger partial charge in [0.2, 0.25) is 0 Å². The summed E-state index contributed by atoms with van der Waals surface area (Å²) in [5.41, 5.74) is -1.27. The minimum atomic E-state index is -4.85. The summed E-state index contributed by atoms with van der Waals surface area (Å²) in [4.78, 5) is 10.3. The number of ether oxygens (including phenoxy) is 1. The van der Waals surface area contributed by atoms with E-state index in [4.69, 9.17) is 9.84 Å². The zero-order valence-electron chi connectivity index (χ0n) is 12.4. The van der Waals surface area contributed by atoms with E-state index >= 15 is 0 Å². The molecule has 0 spiro atoms. The maximum Gasteiger partial charge on any atom is 0.417 e. The third-order valence-electron chi connectivity index (χ3n) is 4.07. The number of alkyl halides is 3. The van der Waals surface area contributed by atoms with Crippen LogP contribution in [0.2, 0.25) is 0 Å². The number of sulfone groups is 1. The van der Waals surface area contributed by atoms with Gasteiger partial charge in [-0.1, -0.05) is 15.9 Å². The molecule has 5 nitrogen and oxygen atoms in total. The van der Waals surface area contributed by atoms with Crippen LogP contribution in [0.5, 0.6) is 0 Å². The normalized spacial score (nSPS) is 25.0. The molecule has 0 saturated heterocycles. The average molecular weight is 431 g/mol. The van der Waals surface area contributed by atoms with E-state index in [-0.39, 0.29) is 17.3 Å². The van der Waals surface area contributed by atoms with Gasteiger partial charge in [-0.15, -0.1) is 0 Å². The van der Waals surface area contributed by atoms with E-state index < -0.39 is 49.7 Å². The molecule has 24 heavy (non-hydrogen) atoms. The molecule has 0 aliphatic heterocycles. The molecular formula is C14H14BrF3O5S. The first kappa shape index (κ1) is 19.2. The topological polar surface area (TPSA) is 80.7 Å². The van der Waals surface area contributed by atoms with E-state index in [1.54, 1.807) is 0 Å². The first-order chi connectivity index (χ1) is 11.0. The third-order valence-corrected chi connectivity index (χ3v) is 6.80. The van der Waals surface area contributed by atoms with E-state index in [0.717, 1.165) is 6.07 Å². The number of carboxylic acid groups (broad SMARTS) is 1. The Hall–Kier alpha value is -1.13. The van der Waals surface area contributed by atoms with Crippen molar-refractivity contribution < 1.29 is 36.2 Å². The Kier molecular flexibility index (Phi) is 5.31. The molecule has 134 valence electrons. The Morgan fingerprint density at radius 2 is 1.96 bits per heavy atom. The van der Waals surface area contributed by atoms with Gasteiger partial charge in [-0.2, -0.15) is 13.2 Å². The SMILES string of the molecule is CO[C@H]1C[C@@H](S(=O)(=O)c2ccc(Br)cc2C(F)(F)F)C[C@@H]1C(=O)O. The van der Waals surface area contributed by atoms with Gasteiger partial charge in [0.15, 0.2) is 9.84 Å². The summed E-state index contributed by atoms with van der Waals surface area (Å²) < 4.78 is 70.0. The van der Waals surface area contributed by atoms with E-state index in [0.29, 0.717) is 6.07 Å². The Morgan fingerprint density at radius 1 is 1.33 bits per heavy atom. The molecule has 3 atom stereocenters. The second-order valence-corrected chi connectivity index (χ2v) is 8.61. The second kappa shape index (κ2) is 6.64. The average Bonchev–Trinajstić information content (AvgIpc) is 2.91. The number of benzene rings is 1. The molecule has 0 heterocycles. The molecule has 0 radical (unpaired) electrons. The fourth-order valence-electron chi connectivity index (χ4n) is 2.88. The lowest BCUT2D eigenvalue weighted by molar-refractivity contribution is -0.145. The van der Waals surface area contributed by atoms with Crippen LogP contribution in [0.3, 0.4) is 0 Å². The highest BCUT2D eigenvalue weighted by Gasteiger charge is 2.47. The first-order valence-electron chi connectivity index (χ1n) is 6.84. The number of methoxy groups -OCH3 is 1. The standard InChI is InChI=1S/C14H14BrF3O5S/c1-23-11-6-8(5-9(11)13(19)20)24(21,22)12-3-2-7(15)4-10(12)14(16,17)18/h2-4,8-9,11H,5-6H2,1H3,(H,19,20)/t8-,9-,11-/m0/s1. The van der Waals surface area contributed by atoms with Crippen LogP contribution < -0.4 is 0 Å². The predicted octanol–water partition coefficient (Wildman–Crippen LogP) is 3.12. The number of rotatable bonds is 4. The minimum Gasteiger partial charge on any atom is -0.481 e. The van der Waals surface area contributed by atoms with Crippen molar-refractivity contribution >= 4 is 31.7 Å². The van der Waals surface area contributed by atoms with Gasteiger partial charge in [0.05, 0.1) is 27.7 Å². The molecule has 1 aliphatic carbocycles. The highest BCUT2D eigenvalue weighted by Crippen LogP contribution is 2.41. The van der Waals surface area contributed by atoms with Gasteiger partial charge < -0.3 is 9.84 Å². The summed E-state index contributed by atoms with van der Waals surface area (Å²) >= 11 is 2.90. The number of carbonyl (C=O) groups is 1. The van der Waals surface area contributed by atoms with Crippen LogP contribution in [0, 0.1) is 5.92 Å². The van der Waals surface area contributed by atoms with Gasteiger partial charge in [-0.25, -0.2) is 8.42 Å². The van der Waals surface area contributed by atoms with Crippen LogP contribution in [-0.4, -0.2) is 38.0 Å². The van der Waals surface area contributed by atoms with Crippen molar-refractivity contribution in [2.75, 3.05) is 7.11 Å². The Bertz CT molecular complexity index is 747. The molecule has 0 aromatic heterocycles. The van der Waals surface area contributed by atoms with Crippen LogP contribution >= 0.6 is 15.9 Å². The molecule has 0 unspecified atom stereocenters. The molecule has 1 aromatic carbocycles. The predicted molar refractivity (Wildman–Crippen MR) is 81.3 cm³/mol. The maximum atomic E-state index is 13.2. The molecule has 1 aromatic rings. The Labute approximate surface area is 144 Å². The molecule has 1 N–H and O–H groups in total. The quantitative estimate of drug-likeness (QED) is 0.793. The van der Waals surface area contributed by atoms with Gasteiger partial charge in [-0.3, -0.25) is 4.79 Å². The minimum absolute atomic E-state index is 0.0957. The number of hydrogen-bond acceptors (Lipinski definition) is 4. The van der Waals surface area contributed by atoms with E-state index in [1.165, 1.54) is 13.2 Å². The van der Waals surface area contributed by atoms with Crippen LogP contribution in [0.15, 0.2) is 27.6 Å². The Morgan fingerprint density at radius 3 is 2.42 bits per heavy atom. The van der Waals surface area contributed by atoms with Gasteiger partial charge in [0.25, 0.3) is 0 Å². The van der Waals surface area contributed by atoms with Crippen LogP contribution in [-0.2, 0) is 25.5 Å². The van der Waals surface area contributed by atoms with Gasteiger partial charge in [0.1, 0.15) is 0 Å². The van der Waals surface area contributed by atoms with Gasteiger partial charge >= 0.3 is 12.1 Å². The lowest BCUT2D eigenvalue weighted by Gasteiger charge is -2.17. The number of hydrogen-bond donors (Lipinski definition) is 1. The summed E-state index contributed by atoms with van der Waals surface area (Å²) in [7, 11) is -3.12. The highest BCUT2D eigenvalue weighted by atomic mass is 79.9. The van der Waals surface area contributed by atoms with Crippen molar-refractivity contribution in [3.05, 3.63) is 28.2 Å². The monoisotopic (exact) mass is 430 g/mol. The zero-order chi connectivity index (χ0) is 18.3. The fraction of sp³-hybridized carbons (Fsp3) is 0.500. The zero-order valence-corrected chi connectivity index (χ0v) is 14.8. The summed E-state index contributed by atoms with van der Waals surface area (Å²) in [6.45, 7) is 0. The lowest BCUT2D eigenvalue weighted by Crippen LogP contribution is -2.24. The summed E-state index contributed by atoms with van der Waals surface area (Å²) in [6, 6.07) is 2.79. The lowest BCUT2D eigenvalue weighted by atomic mass is 10.1. The molecule has 0 bridgehead atoms. The van der Waals surface area contributed by atoms with E-state index in [2.05, 4.69) is 15.9 Å². The second-order valence-electron chi connectivity index (χ2n) is 5.50. The molecule has 0 amide bonds. The fourth-order valence-corrected chi connectivity index (χ4v) is 5.24. The van der Waals surface area contributed by atoms with Crippen LogP contribution in [0.25, 0.3) is 0 Å². The molecular weight excluding hydrogens is 417 g/mol. The van der Waals surface area contributed by atoms with Crippen LogP contribution in [0.1, 0.15) is 18.4 Å². The van der Waals surface area contributed by atoms with Crippen molar-refractivity contribution in [1.82, 2.24) is 0 Å². The number of carboxylic acids is 1. The molecule has 1 aliphatic rings.